The summed E-state index contributed by atoms with van der Waals surface area (Å²) >= 11 is 7.87. The van der Waals surface area contributed by atoms with Crippen molar-refractivity contribution in [3.05, 3.63) is 28.2 Å². The van der Waals surface area contributed by atoms with Gasteiger partial charge in [-0.15, -0.1) is 10.5 Å². The molecule has 0 bridgehead atoms. The zero-order valence-electron chi connectivity index (χ0n) is 7.12. The smallest absolute Gasteiger partial charge is 0.221 e. The summed E-state index contributed by atoms with van der Waals surface area (Å²) in [6.07, 6.45) is 1.55. The molecule has 0 saturated heterocycles. The molecule has 6 heteroatoms. The van der Waals surface area contributed by atoms with Gasteiger partial charge in [-0.2, -0.15) is 0 Å². The lowest BCUT2D eigenvalue weighted by Gasteiger charge is -1.96. The van der Waals surface area contributed by atoms with Crippen LogP contribution < -0.4 is 16.3 Å². The normalized spacial score (nSPS) is 10.4. The minimum Gasteiger partial charge on any atom is -0.507 e. The fraction of sp³-hybridized carbons (Fsp3) is 0. The van der Waals surface area contributed by atoms with E-state index in [4.69, 9.17) is 5.73 Å². The van der Waals surface area contributed by atoms with Crippen LogP contribution in [0.5, 0.6) is 5.75 Å². The van der Waals surface area contributed by atoms with E-state index in [1.54, 1.807) is 24.4 Å². The maximum absolute atomic E-state index is 9.42. The van der Waals surface area contributed by atoms with Crippen molar-refractivity contribution in [2.75, 3.05) is 0 Å². The quantitative estimate of drug-likeness (QED) is 0.330. The third kappa shape index (κ3) is 3.31. The zero-order valence-corrected chi connectivity index (χ0v) is 9.52. The molecule has 0 aliphatic heterocycles. The van der Waals surface area contributed by atoms with Gasteiger partial charge in [0.15, 0.2) is 0 Å². The first-order chi connectivity index (χ1) is 6.59. The number of hydrogen-bond donors (Lipinski definition) is 4. The molecule has 0 spiro atoms. The van der Waals surface area contributed by atoms with E-state index in [1.165, 1.54) is 0 Å². The van der Waals surface area contributed by atoms with Gasteiger partial charge in [0.05, 0.1) is 5.56 Å². The van der Waals surface area contributed by atoms with Gasteiger partial charge in [-0.1, -0.05) is 15.9 Å². The molecule has 1 aromatic carbocycles. The molecule has 1 aromatic rings. The second-order valence-corrected chi connectivity index (χ2v) is 3.84. The number of phenolic OH excluding ortho intramolecular Hbond substituents is 1. The number of hydrogen-bond acceptors (Lipinski definition) is 2. The van der Waals surface area contributed by atoms with Crippen molar-refractivity contribution in [2.24, 2.45) is 5.73 Å². The number of hydrazone groups is 1. The lowest BCUT2D eigenvalue weighted by atomic mass is 10.2. The fourth-order valence-electron chi connectivity index (χ4n) is 0.826. The van der Waals surface area contributed by atoms with Crippen LogP contribution in [0.1, 0.15) is 5.56 Å². The van der Waals surface area contributed by atoms with Gasteiger partial charge in [0.1, 0.15) is 5.75 Å². The van der Waals surface area contributed by atoms with Crippen LogP contribution in [0.4, 0.5) is 0 Å². The first-order valence-electron chi connectivity index (χ1n) is 3.72. The van der Waals surface area contributed by atoms with Crippen molar-refractivity contribution in [3.63, 3.8) is 0 Å². The number of benzene rings is 1. The van der Waals surface area contributed by atoms with E-state index >= 15 is 0 Å². The van der Waals surface area contributed by atoms with Gasteiger partial charge in [-0.25, -0.2) is 0 Å². The van der Waals surface area contributed by atoms with Crippen LogP contribution in [0, 0.1) is 0 Å². The number of phenols is 1. The van der Waals surface area contributed by atoms with Crippen molar-refractivity contribution in [1.82, 2.24) is 5.43 Å². The molecule has 0 saturated carbocycles. The highest BCUT2D eigenvalue weighted by Crippen LogP contribution is 2.19. The van der Waals surface area contributed by atoms with Crippen LogP contribution in [0.15, 0.2) is 22.7 Å². The number of rotatable bonds is 2. The summed E-state index contributed by atoms with van der Waals surface area (Å²) in [5, 5.41) is 12.2. The van der Waals surface area contributed by atoms with Gasteiger partial charge in [-0.3, -0.25) is 0 Å². The Balaban J connectivity index is 2.80. The van der Waals surface area contributed by atoms with E-state index in [0.29, 0.717) is 5.56 Å². The minimum atomic E-state index is 0.135. The molecule has 0 aliphatic carbocycles. The molecule has 0 atom stereocenters. The van der Waals surface area contributed by atoms with Gasteiger partial charge in [0.25, 0.3) is 0 Å². The van der Waals surface area contributed by atoms with Crippen LogP contribution in [-0.4, -0.2) is 16.4 Å². The number of nitrogens with two attached hydrogens (primary N) is 1. The topological polar surface area (TPSA) is 72.2 Å². The predicted octanol–water partition coefficient (Wildman–Crippen LogP) is -0.598. The SMILES string of the molecule is NC(=S)N/[NH+]=C/c1cc(Br)ccc1O. The summed E-state index contributed by atoms with van der Waals surface area (Å²) in [6, 6.07) is 5.08. The summed E-state index contributed by atoms with van der Waals surface area (Å²) in [5.74, 6) is 0.172. The minimum absolute atomic E-state index is 0.135. The molecule has 4 nitrogen and oxygen atoms in total. The maximum Gasteiger partial charge on any atom is 0.221 e. The van der Waals surface area contributed by atoms with Gasteiger partial charge >= 0.3 is 0 Å². The van der Waals surface area contributed by atoms with Gasteiger partial charge in [-0.05, 0) is 30.4 Å². The summed E-state index contributed by atoms with van der Waals surface area (Å²) < 4.78 is 0.874. The molecular weight excluding hydrogens is 266 g/mol. The maximum atomic E-state index is 9.42. The number of halogens is 1. The van der Waals surface area contributed by atoms with E-state index in [2.05, 4.69) is 38.7 Å². The average Bonchev–Trinajstić information content (AvgIpc) is 2.10. The van der Waals surface area contributed by atoms with Gasteiger partial charge < -0.3 is 10.8 Å². The van der Waals surface area contributed by atoms with E-state index in [1.807, 2.05) is 0 Å². The van der Waals surface area contributed by atoms with E-state index < -0.39 is 0 Å². The summed E-state index contributed by atoms with van der Waals surface area (Å²) in [6.45, 7) is 0. The zero-order chi connectivity index (χ0) is 10.6. The Morgan fingerprint density at radius 1 is 1.64 bits per heavy atom. The lowest BCUT2D eigenvalue weighted by molar-refractivity contribution is -0.499. The average molecular weight is 275 g/mol. The standard InChI is InChI=1S/C8H8BrN3OS/c9-6-1-2-7(13)5(3-6)4-11-12-8(10)14/h1-4,13H,(H3,10,12,14)/p+1/b11-4+. The first-order valence-corrected chi connectivity index (χ1v) is 4.92. The van der Waals surface area contributed by atoms with Crippen molar-refractivity contribution < 1.29 is 10.2 Å². The predicted molar refractivity (Wildman–Crippen MR) is 61.9 cm³/mol. The fourth-order valence-corrected chi connectivity index (χ4v) is 1.26. The molecule has 0 fully saturated rings. The number of nitrogens with one attached hydrogen (secondary N) is 2. The van der Waals surface area contributed by atoms with Crippen LogP contribution >= 0.6 is 28.1 Å². The molecule has 0 aliphatic rings. The van der Waals surface area contributed by atoms with E-state index in [-0.39, 0.29) is 10.9 Å². The molecule has 14 heavy (non-hydrogen) atoms. The highest BCUT2D eigenvalue weighted by molar-refractivity contribution is 9.10. The van der Waals surface area contributed by atoms with Crippen molar-refractivity contribution in [3.8, 4) is 5.75 Å². The van der Waals surface area contributed by atoms with Crippen molar-refractivity contribution in [1.29, 1.82) is 0 Å². The second-order valence-electron chi connectivity index (χ2n) is 2.48. The van der Waals surface area contributed by atoms with Crippen LogP contribution in [0.25, 0.3) is 0 Å². The Labute approximate surface area is 94.9 Å². The molecule has 0 radical (unpaired) electrons. The molecule has 1 rings (SSSR count). The lowest BCUT2D eigenvalue weighted by Crippen LogP contribution is -2.82. The third-order valence-corrected chi connectivity index (χ3v) is 2.01. The Bertz CT molecular complexity index is 381. The monoisotopic (exact) mass is 274 g/mol. The Hall–Kier alpha value is -1.14. The van der Waals surface area contributed by atoms with Crippen molar-refractivity contribution >= 4 is 39.5 Å². The Kier molecular flexibility index (Phi) is 3.84. The van der Waals surface area contributed by atoms with Crippen LogP contribution in [0.3, 0.4) is 0 Å². The second kappa shape index (κ2) is 4.92. The molecular formula is C8H9BrN3OS+. The number of aromatic hydroxyl groups is 1. The molecule has 74 valence electrons. The summed E-state index contributed by atoms with van der Waals surface area (Å²) in [4.78, 5) is 0. The third-order valence-electron chi connectivity index (χ3n) is 1.41. The van der Waals surface area contributed by atoms with Crippen LogP contribution in [0.2, 0.25) is 0 Å². The molecule has 0 amide bonds. The number of hydrazine groups is 1. The highest BCUT2D eigenvalue weighted by Gasteiger charge is 2.01. The van der Waals surface area contributed by atoms with E-state index in [9.17, 15) is 5.11 Å². The van der Waals surface area contributed by atoms with Crippen molar-refractivity contribution in [2.45, 2.75) is 0 Å². The Morgan fingerprint density at radius 2 is 2.36 bits per heavy atom. The molecule has 5 N–H and O–H groups in total. The van der Waals surface area contributed by atoms with Gasteiger partial charge in [0, 0.05) is 4.47 Å². The highest BCUT2D eigenvalue weighted by atomic mass is 79.9. The van der Waals surface area contributed by atoms with Gasteiger partial charge in [0.2, 0.25) is 11.3 Å². The first kappa shape index (κ1) is 10.9. The summed E-state index contributed by atoms with van der Waals surface area (Å²) in [5.41, 5.74) is 8.34. The Morgan fingerprint density at radius 3 is 3.00 bits per heavy atom. The number of thiocarbonyl (C=S) groups is 1. The molecule has 0 aromatic heterocycles. The van der Waals surface area contributed by atoms with E-state index in [0.717, 1.165) is 4.47 Å². The molecule has 0 heterocycles. The molecule has 0 unspecified atom stereocenters. The summed E-state index contributed by atoms with van der Waals surface area (Å²) in [7, 11) is 0. The largest absolute Gasteiger partial charge is 0.507 e. The van der Waals surface area contributed by atoms with Crippen LogP contribution in [-0.2, 0) is 0 Å².